The highest BCUT2D eigenvalue weighted by atomic mass is 16.5. The normalized spacial score (nSPS) is 19.5. The third-order valence-corrected chi connectivity index (χ3v) is 3.24. The summed E-state index contributed by atoms with van der Waals surface area (Å²) in [6, 6.07) is 3.52. The summed E-state index contributed by atoms with van der Waals surface area (Å²) < 4.78 is 5.53. The Labute approximate surface area is 103 Å². The number of hydrogen-bond donors (Lipinski definition) is 2. The van der Waals surface area contributed by atoms with Gasteiger partial charge in [-0.25, -0.2) is 0 Å². The molecule has 3 heterocycles. The van der Waals surface area contributed by atoms with E-state index in [0.717, 1.165) is 18.4 Å². The zero-order valence-electron chi connectivity index (χ0n) is 9.85. The predicted octanol–water partition coefficient (Wildman–Crippen LogP) is 1.27. The van der Waals surface area contributed by atoms with E-state index in [-0.39, 0.29) is 18.3 Å². The minimum absolute atomic E-state index is 0.0849. The zero-order chi connectivity index (χ0) is 12.5. The minimum atomic E-state index is -0.133. The molecule has 0 amide bonds. The smallest absolute Gasteiger partial charge is 0.254 e. The van der Waals surface area contributed by atoms with Crippen LogP contribution in [-0.2, 0) is 11.3 Å². The highest BCUT2D eigenvalue weighted by molar-refractivity contribution is 5.74. The number of aliphatic hydroxyl groups excluding tert-OH is 1. The van der Waals surface area contributed by atoms with Crippen LogP contribution in [0.25, 0.3) is 11.0 Å². The number of aromatic nitrogens is 2. The van der Waals surface area contributed by atoms with Crippen molar-refractivity contribution in [3.05, 3.63) is 39.8 Å². The molecule has 5 heteroatoms. The van der Waals surface area contributed by atoms with Gasteiger partial charge in [0.1, 0.15) is 0 Å². The fourth-order valence-electron chi connectivity index (χ4n) is 2.29. The van der Waals surface area contributed by atoms with Crippen molar-refractivity contribution in [3.63, 3.8) is 0 Å². The van der Waals surface area contributed by atoms with Gasteiger partial charge < -0.3 is 14.8 Å². The topological polar surface area (TPSA) is 75.2 Å². The lowest BCUT2D eigenvalue weighted by Gasteiger charge is -2.09. The molecule has 18 heavy (non-hydrogen) atoms. The summed E-state index contributed by atoms with van der Waals surface area (Å²) in [7, 11) is 0. The third kappa shape index (κ3) is 1.91. The Morgan fingerprint density at radius 3 is 3.11 bits per heavy atom. The molecular formula is C13H14N2O3. The summed E-state index contributed by atoms with van der Waals surface area (Å²) in [6.07, 6.45) is 3.36. The Morgan fingerprint density at radius 1 is 1.50 bits per heavy atom. The first-order valence-electron chi connectivity index (χ1n) is 6.02. The molecule has 3 rings (SSSR count). The summed E-state index contributed by atoms with van der Waals surface area (Å²) in [6.45, 7) is 0.623. The Balaban J connectivity index is 2.12. The number of hydrogen-bond acceptors (Lipinski definition) is 4. The Morgan fingerprint density at radius 2 is 2.39 bits per heavy atom. The molecule has 2 aromatic heterocycles. The largest absolute Gasteiger partial charge is 0.392 e. The fraction of sp³-hybridized carbons (Fsp3) is 0.385. The number of H-pyrrole nitrogens is 1. The molecular weight excluding hydrogens is 232 g/mol. The average Bonchev–Trinajstić information content (AvgIpc) is 2.91. The molecule has 0 radical (unpaired) electrons. The van der Waals surface area contributed by atoms with Gasteiger partial charge in [-0.1, -0.05) is 0 Å². The molecule has 0 aliphatic carbocycles. The van der Waals surface area contributed by atoms with Crippen molar-refractivity contribution in [3.8, 4) is 0 Å². The molecule has 1 fully saturated rings. The fourth-order valence-corrected chi connectivity index (χ4v) is 2.29. The zero-order valence-corrected chi connectivity index (χ0v) is 9.85. The van der Waals surface area contributed by atoms with E-state index < -0.39 is 0 Å². The molecule has 0 spiro atoms. The maximum atomic E-state index is 12.0. The number of rotatable bonds is 2. The number of fused-ring (bicyclic) bond motifs is 1. The lowest BCUT2D eigenvalue weighted by molar-refractivity contribution is 0.111. The summed E-state index contributed by atoms with van der Waals surface area (Å²) in [4.78, 5) is 19.0. The van der Waals surface area contributed by atoms with Gasteiger partial charge in [0.05, 0.1) is 23.7 Å². The summed E-state index contributed by atoms with van der Waals surface area (Å²) >= 11 is 0. The predicted molar refractivity (Wildman–Crippen MR) is 66.2 cm³/mol. The number of ether oxygens (including phenoxy) is 1. The second kappa shape index (κ2) is 4.51. The van der Waals surface area contributed by atoms with Gasteiger partial charge >= 0.3 is 0 Å². The van der Waals surface area contributed by atoms with Gasteiger partial charge in [-0.2, -0.15) is 0 Å². The Hall–Kier alpha value is -1.72. The van der Waals surface area contributed by atoms with Crippen LogP contribution in [0.5, 0.6) is 0 Å². The van der Waals surface area contributed by atoms with Crippen molar-refractivity contribution < 1.29 is 9.84 Å². The maximum Gasteiger partial charge on any atom is 0.254 e. The molecule has 1 aliphatic heterocycles. The lowest BCUT2D eigenvalue weighted by Crippen LogP contribution is -2.16. The molecule has 0 saturated carbocycles. The van der Waals surface area contributed by atoms with Gasteiger partial charge in [0.25, 0.3) is 5.56 Å². The van der Waals surface area contributed by atoms with Crippen molar-refractivity contribution in [1.82, 2.24) is 9.97 Å². The molecule has 2 aromatic rings. The molecule has 1 unspecified atom stereocenters. The highest BCUT2D eigenvalue weighted by Crippen LogP contribution is 2.27. The van der Waals surface area contributed by atoms with Crippen LogP contribution >= 0.6 is 0 Å². The van der Waals surface area contributed by atoms with Crippen LogP contribution in [0.2, 0.25) is 0 Å². The van der Waals surface area contributed by atoms with E-state index in [1.54, 1.807) is 18.3 Å². The molecule has 1 aliphatic rings. The van der Waals surface area contributed by atoms with Crippen LogP contribution in [0.4, 0.5) is 0 Å². The standard InChI is InChI=1S/C13H14N2O3/c16-7-8-4-11-10(14-6-8)5-9(13(17)15-11)12-2-1-3-18-12/h4-6,12,16H,1-3,7H2,(H,15,17). The Bertz CT molecular complexity index is 630. The van der Waals surface area contributed by atoms with Gasteiger partial charge in [0, 0.05) is 18.4 Å². The van der Waals surface area contributed by atoms with Crippen molar-refractivity contribution in [1.29, 1.82) is 0 Å². The van der Waals surface area contributed by atoms with Crippen LogP contribution in [0.15, 0.2) is 23.1 Å². The van der Waals surface area contributed by atoms with Crippen LogP contribution in [0, 0.1) is 0 Å². The van der Waals surface area contributed by atoms with E-state index in [4.69, 9.17) is 9.84 Å². The van der Waals surface area contributed by atoms with Crippen LogP contribution in [0.3, 0.4) is 0 Å². The third-order valence-electron chi connectivity index (χ3n) is 3.24. The van der Waals surface area contributed by atoms with E-state index in [2.05, 4.69) is 9.97 Å². The molecule has 0 bridgehead atoms. The van der Waals surface area contributed by atoms with Crippen molar-refractivity contribution in [2.75, 3.05) is 6.61 Å². The van der Waals surface area contributed by atoms with Crippen LogP contribution in [-0.4, -0.2) is 21.7 Å². The monoisotopic (exact) mass is 246 g/mol. The number of pyridine rings is 2. The van der Waals surface area contributed by atoms with Gasteiger partial charge in [-0.05, 0) is 30.5 Å². The number of nitrogens with zero attached hydrogens (tertiary/aromatic N) is 1. The van der Waals surface area contributed by atoms with Crippen molar-refractivity contribution in [2.45, 2.75) is 25.6 Å². The quantitative estimate of drug-likeness (QED) is 0.836. The summed E-state index contributed by atoms with van der Waals surface area (Å²) in [5.41, 5.74) is 2.56. The molecule has 0 aromatic carbocycles. The van der Waals surface area contributed by atoms with E-state index in [0.29, 0.717) is 23.3 Å². The van der Waals surface area contributed by atoms with E-state index >= 15 is 0 Å². The number of aliphatic hydroxyl groups is 1. The lowest BCUT2D eigenvalue weighted by atomic mass is 10.1. The van der Waals surface area contributed by atoms with Gasteiger partial charge in [0.2, 0.25) is 0 Å². The summed E-state index contributed by atoms with van der Waals surface area (Å²) in [5, 5.41) is 9.04. The first-order valence-corrected chi connectivity index (χ1v) is 6.02. The SMILES string of the molecule is O=c1[nH]c2cc(CO)cnc2cc1C1CCCO1. The van der Waals surface area contributed by atoms with Crippen molar-refractivity contribution in [2.24, 2.45) is 0 Å². The Kier molecular flexibility index (Phi) is 2.85. The maximum absolute atomic E-state index is 12.0. The van der Waals surface area contributed by atoms with Crippen LogP contribution < -0.4 is 5.56 Å². The first-order chi connectivity index (χ1) is 8.78. The molecule has 2 N–H and O–H groups in total. The number of aromatic amines is 1. The minimum Gasteiger partial charge on any atom is -0.392 e. The van der Waals surface area contributed by atoms with E-state index in [1.807, 2.05) is 0 Å². The first kappa shape index (κ1) is 11.4. The average molecular weight is 246 g/mol. The molecule has 1 atom stereocenters. The molecule has 1 saturated heterocycles. The molecule has 94 valence electrons. The van der Waals surface area contributed by atoms with Crippen molar-refractivity contribution >= 4 is 11.0 Å². The second-order valence-corrected chi connectivity index (χ2v) is 4.49. The number of nitrogens with one attached hydrogen (secondary N) is 1. The highest BCUT2D eigenvalue weighted by Gasteiger charge is 2.21. The van der Waals surface area contributed by atoms with Crippen LogP contribution in [0.1, 0.15) is 30.1 Å². The van der Waals surface area contributed by atoms with E-state index in [1.165, 1.54) is 0 Å². The van der Waals surface area contributed by atoms with E-state index in [9.17, 15) is 4.79 Å². The van der Waals surface area contributed by atoms with Gasteiger partial charge in [-0.3, -0.25) is 9.78 Å². The second-order valence-electron chi connectivity index (χ2n) is 4.49. The van der Waals surface area contributed by atoms with Gasteiger partial charge in [0.15, 0.2) is 0 Å². The molecule has 5 nitrogen and oxygen atoms in total. The van der Waals surface area contributed by atoms with Gasteiger partial charge in [-0.15, -0.1) is 0 Å². The summed E-state index contributed by atoms with van der Waals surface area (Å²) in [5.74, 6) is 0.